The summed E-state index contributed by atoms with van der Waals surface area (Å²) in [6.07, 6.45) is 4.70. The SMILES string of the molecule is CNCc1ccc(Cl)cc1CNC(=O)Cc1c(C)cnn(CCN(C(C)=O)c2cccnc2)c1=O. The lowest BCUT2D eigenvalue weighted by molar-refractivity contribution is -0.120. The lowest BCUT2D eigenvalue weighted by atomic mass is 10.1. The van der Waals surface area contributed by atoms with Gasteiger partial charge in [0.1, 0.15) is 0 Å². The van der Waals surface area contributed by atoms with Crippen LogP contribution >= 0.6 is 11.6 Å². The number of carbonyl (C=O) groups is 2. The van der Waals surface area contributed by atoms with Gasteiger partial charge in [0.05, 0.1) is 31.0 Å². The Morgan fingerprint density at radius 2 is 1.94 bits per heavy atom. The predicted octanol–water partition coefficient (Wildman–Crippen LogP) is 2.23. The molecular formula is C25H29ClN6O3. The zero-order valence-electron chi connectivity index (χ0n) is 20.0. The Morgan fingerprint density at radius 1 is 1.14 bits per heavy atom. The van der Waals surface area contributed by atoms with Crippen LogP contribution in [0.5, 0.6) is 0 Å². The van der Waals surface area contributed by atoms with Gasteiger partial charge in [0.15, 0.2) is 0 Å². The van der Waals surface area contributed by atoms with E-state index in [-0.39, 0.29) is 36.9 Å². The number of hydrogen-bond donors (Lipinski definition) is 2. The third-order valence-corrected chi connectivity index (χ3v) is 5.82. The van der Waals surface area contributed by atoms with E-state index in [1.165, 1.54) is 16.5 Å². The molecule has 0 saturated heterocycles. The van der Waals surface area contributed by atoms with Gasteiger partial charge >= 0.3 is 0 Å². The molecule has 2 N–H and O–H groups in total. The molecule has 2 amide bonds. The summed E-state index contributed by atoms with van der Waals surface area (Å²) in [6.45, 7) is 4.57. The largest absolute Gasteiger partial charge is 0.352 e. The number of aryl methyl sites for hydroxylation is 1. The van der Waals surface area contributed by atoms with Crippen LogP contribution in [0.4, 0.5) is 5.69 Å². The molecule has 3 aromatic rings. The summed E-state index contributed by atoms with van der Waals surface area (Å²) < 4.78 is 1.28. The molecule has 0 atom stereocenters. The van der Waals surface area contributed by atoms with Crippen LogP contribution in [0.15, 0.2) is 53.7 Å². The molecule has 0 aliphatic rings. The molecule has 0 aliphatic carbocycles. The van der Waals surface area contributed by atoms with Gasteiger partial charge in [0.2, 0.25) is 11.8 Å². The number of amides is 2. The van der Waals surface area contributed by atoms with Gasteiger partial charge < -0.3 is 15.5 Å². The quantitative estimate of drug-likeness (QED) is 0.445. The van der Waals surface area contributed by atoms with Crippen molar-refractivity contribution in [1.82, 2.24) is 25.4 Å². The first-order valence-electron chi connectivity index (χ1n) is 11.2. The number of carbonyl (C=O) groups excluding carboxylic acids is 2. The van der Waals surface area contributed by atoms with Crippen LogP contribution in [0.25, 0.3) is 0 Å². The number of pyridine rings is 1. The molecule has 184 valence electrons. The van der Waals surface area contributed by atoms with Crippen molar-refractivity contribution in [2.24, 2.45) is 0 Å². The van der Waals surface area contributed by atoms with Crippen molar-refractivity contribution in [3.05, 3.63) is 86.6 Å². The van der Waals surface area contributed by atoms with E-state index < -0.39 is 0 Å². The molecule has 2 heterocycles. The fourth-order valence-corrected chi connectivity index (χ4v) is 3.90. The normalized spacial score (nSPS) is 10.7. The highest BCUT2D eigenvalue weighted by Gasteiger charge is 2.16. The van der Waals surface area contributed by atoms with Crippen molar-refractivity contribution in [1.29, 1.82) is 0 Å². The minimum absolute atomic E-state index is 0.0753. The van der Waals surface area contributed by atoms with E-state index in [1.54, 1.807) is 37.6 Å². The van der Waals surface area contributed by atoms with Gasteiger partial charge in [-0.1, -0.05) is 17.7 Å². The van der Waals surface area contributed by atoms with Crippen LogP contribution in [0.2, 0.25) is 5.02 Å². The Bertz CT molecular complexity index is 1250. The molecule has 2 aromatic heterocycles. The van der Waals surface area contributed by atoms with E-state index in [1.807, 2.05) is 25.2 Å². The smallest absolute Gasteiger partial charge is 0.270 e. The van der Waals surface area contributed by atoms with Gasteiger partial charge in [0.25, 0.3) is 5.56 Å². The number of anilines is 1. The summed E-state index contributed by atoms with van der Waals surface area (Å²) in [5.41, 5.74) is 3.23. The number of nitrogens with zero attached hydrogens (tertiary/aromatic N) is 4. The van der Waals surface area contributed by atoms with E-state index in [4.69, 9.17) is 11.6 Å². The van der Waals surface area contributed by atoms with E-state index in [2.05, 4.69) is 20.7 Å². The van der Waals surface area contributed by atoms with Gasteiger partial charge in [-0.15, -0.1) is 0 Å². The lowest BCUT2D eigenvalue weighted by Crippen LogP contribution is -2.37. The van der Waals surface area contributed by atoms with Crippen molar-refractivity contribution in [2.75, 3.05) is 18.5 Å². The topological polar surface area (TPSA) is 109 Å². The molecule has 0 radical (unpaired) electrons. The first kappa shape index (κ1) is 26.1. The fourth-order valence-electron chi connectivity index (χ4n) is 3.70. The van der Waals surface area contributed by atoms with Crippen LogP contribution < -0.4 is 21.1 Å². The van der Waals surface area contributed by atoms with Crippen LogP contribution in [0, 0.1) is 6.92 Å². The molecule has 3 rings (SSSR count). The van der Waals surface area contributed by atoms with Gasteiger partial charge in [-0.2, -0.15) is 5.10 Å². The number of hydrogen-bond acceptors (Lipinski definition) is 6. The number of rotatable bonds is 10. The van der Waals surface area contributed by atoms with Crippen molar-refractivity contribution in [3.8, 4) is 0 Å². The standard InChI is InChI=1S/C25H29ClN6O3/c1-17-13-30-32(10-9-31(18(2)33)22-5-4-8-28-16-22)25(35)23(17)12-24(34)29-15-20-11-21(26)7-6-19(20)14-27-3/h4-8,11,13,16,27H,9-10,12,14-15H2,1-3H3,(H,29,34). The molecular weight excluding hydrogens is 468 g/mol. The summed E-state index contributed by atoms with van der Waals surface area (Å²) in [5.74, 6) is -0.449. The second kappa shape index (κ2) is 12.2. The number of benzene rings is 1. The summed E-state index contributed by atoms with van der Waals surface area (Å²) in [5, 5.41) is 10.8. The van der Waals surface area contributed by atoms with Gasteiger partial charge in [0, 0.05) is 43.3 Å². The molecule has 9 nitrogen and oxygen atoms in total. The highest BCUT2D eigenvalue weighted by Crippen LogP contribution is 2.16. The van der Waals surface area contributed by atoms with E-state index in [0.717, 1.165) is 11.1 Å². The maximum atomic E-state index is 13.1. The minimum atomic E-state index is -0.353. The molecule has 35 heavy (non-hydrogen) atoms. The van der Waals surface area contributed by atoms with Gasteiger partial charge in [-0.3, -0.25) is 19.4 Å². The van der Waals surface area contributed by atoms with E-state index >= 15 is 0 Å². The first-order valence-corrected chi connectivity index (χ1v) is 11.6. The highest BCUT2D eigenvalue weighted by molar-refractivity contribution is 6.30. The van der Waals surface area contributed by atoms with Crippen LogP contribution in [0.1, 0.15) is 29.2 Å². The predicted molar refractivity (Wildman–Crippen MR) is 135 cm³/mol. The summed E-state index contributed by atoms with van der Waals surface area (Å²) in [4.78, 5) is 43.5. The van der Waals surface area contributed by atoms with E-state index in [9.17, 15) is 14.4 Å². The first-order chi connectivity index (χ1) is 16.8. The van der Waals surface area contributed by atoms with Gasteiger partial charge in [-0.25, -0.2) is 4.68 Å². The second-order valence-corrected chi connectivity index (χ2v) is 8.55. The van der Waals surface area contributed by atoms with Crippen molar-refractivity contribution < 1.29 is 9.59 Å². The molecule has 10 heteroatoms. The Morgan fingerprint density at radius 3 is 2.63 bits per heavy atom. The van der Waals surface area contributed by atoms with Crippen LogP contribution in [0.3, 0.4) is 0 Å². The minimum Gasteiger partial charge on any atom is -0.352 e. The van der Waals surface area contributed by atoms with E-state index in [0.29, 0.717) is 34.9 Å². The third-order valence-electron chi connectivity index (χ3n) is 5.58. The lowest BCUT2D eigenvalue weighted by Gasteiger charge is -2.21. The van der Waals surface area contributed by atoms with Crippen molar-refractivity contribution in [2.45, 2.75) is 39.9 Å². The number of nitrogens with one attached hydrogen (secondary N) is 2. The molecule has 0 fully saturated rings. The summed E-state index contributed by atoms with van der Waals surface area (Å²) >= 11 is 6.12. The molecule has 0 bridgehead atoms. The third kappa shape index (κ3) is 6.97. The average Bonchev–Trinajstić information content (AvgIpc) is 2.84. The zero-order chi connectivity index (χ0) is 25.4. The average molecular weight is 497 g/mol. The Hall–Kier alpha value is -3.56. The Balaban J connectivity index is 1.70. The fraction of sp³-hybridized carbons (Fsp3) is 0.320. The van der Waals surface area contributed by atoms with Crippen LogP contribution in [-0.4, -0.2) is 40.2 Å². The molecule has 0 aliphatic heterocycles. The Kier molecular flexibility index (Phi) is 9.11. The molecule has 1 aromatic carbocycles. The molecule has 0 spiro atoms. The number of halogens is 1. The second-order valence-electron chi connectivity index (χ2n) is 8.11. The Labute approximate surface area is 209 Å². The zero-order valence-corrected chi connectivity index (χ0v) is 20.8. The van der Waals surface area contributed by atoms with Crippen molar-refractivity contribution in [3.63, 3.8) is 0 Å². The maximum Gasteiger partial charge on any atom is 0.270 e. The summed E-state index contributed by atoms with van der Waals surface area (Å²) in [6, 6.07) is 9.06. The van der Waals surface area contributed by atoms with Gasteiger partial charge in [-0.05, 0) is 54.9 Å². The summed E-state index contributed by atoms with van der Waals surface area (Å²) in [7, 11) is 1.85. The maximum absolute atomic E-state index is 13.1. The number of aromatic nitrogens is 3. The molecule has 0 unspecified atom stereocenters. The monoisotopic (exact) mass is 496 g/mol. The van der Waals surface area contributed by atoms with Crippen LogP contribution in [-0.2, 0) is 35.6 Å². The highest BCUT2D eigenvalue weighted by atomic mass is 35.5. The van der Waals surface area contributed by atoms with Crippen molar-refractivity contribution >= 4 is 29.1 Å². The molecule has 0 saturated carbocycles.